The van der Waals surface area contributed by atoms with Crippen LogP contribution in [0.1, 0.15) is 46.7 Å². The second kappa shape index (κ2) is 6.20. The van der Waals surface area contributed by atoms with Crippen molar-refractivity contribution in [2.75, 3.05) is 6.54 Å². The molecular weight excluding hydrogens is 210 g/mol. The molecule has 0 aliphatic carbocycles. The van der Waals surface area contributed by atoms with Gasteiger partial charge < -0.3 is 9.88 Å². The summed E-state index contributed by atoms with van der Waals surface area (Å²) in [6.07, 6.45) is 5.10. The van der Waals surface area contributed by atoms with Crippen LogP contribution in [0.2, 0.25) is 0 Å². The number of nitrogens with zero attached hydrogens (tertiary/aromatic N) is 2. The number of nitrogens with one attached hydrogen (secondary N) is 1. The van der Waals surface area contributed by atoms with Crippen LogP contribution >= 0.6 is 0 Å². The van der Waals surface area contributed by atoms with Gasteiger partial charge in [-0.3, -0.25) is 0 Å². The highest BCUT2D eigenvalue weighted by atomic mass is 15.1. The first-order valence-corrected chi connectivity index (χ1v) is 6.67. The van der Waals surface area contributed by atoms with Gasteiger partial charge in [-0.05, 0) is 24.3 Å². The molecule has 0 saturated heterocycles. The van der Waals surface area contributed by atoms with Gasteiger partial charge in [0.05, 0.1) is 12.0 Å². The van der Waals surface area contributed by atoms with Crippen molar-refractivity contribution >= 4 is 0 Å². The summed E-state index contributed by atoms with van der Waals surface area (Å²) in [5.74, 6) is 0.668. The van der Waals surface area contributed by atoms with Crippen molar-refractivity contribution in [2.24, 2.45) is 11.3 Å². The molecule has 0 spiro atoms. The Balaban J connectivity index is 2.62. The molecule has 1 N–H and O–H groups in total. The topological polar surface area (TPSA) is 29.9 Å². The Bertz CT molecular complexity index is 326. The third kappa shape index (κ3) is 4.15. The van der Waals surface area contributed by atoms with E-state index in [0.29, 0.717) is 11.3 Å². The SMILES string of the molecule is CCCNCc1cncn1CC(C)(C)C(C)C. The lowest BCUT2D eigenvalue weighted by Gasteiger charge is -2.30. The van der Waals surface area contributed by atoms with E-state index < -0.39 is 0 Å². The van der Waals surface area contributed by atoms with E-state index in [-0.39, 0.29) is 0 Å². The predicted molar refractivity (Wildman–Crippen MR) is 72.8 cm³/mol. The number of hydrogen-bond donors (Lipinski definition) is 1. The van der Waals surface area contributed by atoms with Crippen LogP contribution in [0.4, 0.5) is 0 Å². The average Bonchev–Trinajstić information content (AvgIpc) is 2.65. The van der Waals surface area contributed by atoms with Crippen LogP contribution in [0.15, 0.2) is 12.5 Å². The Morgan fingerprint density at radius 1 is 1.41 bits per heavy atom. The van der Waals surface area contributed by atoms with Gasteiger partial charge in [0.1, 0.15) is 0 Å². The standard InChI is InChI=1S/C14H27N3/c1-6-7-15-8-13-9-16-11-17(13)10-14(4,5)12(2)3/h9,11-12,15H,6-8,10H2,1-5H3. The zero-order valence-electron chi connectivity index (χ0n) is 12.0. The summed E-state index contributed by atoms with van der Waals surface area (Å²) < 4.78 is 2.28. The molecule has 1 rings (SSSR count). The van der Waals surface area contributed by atoms with Crippen LogP contribution in [-0.2, 0) is 13.1 Å². The zero-order chi connectivity index (χ0) is 12.9. The molecule has 1 aromatic rings. The van der Waals surface area contributed by atoms with E-state index >= 15 is 0 Å². The minimum atomic E-state index is 0.306. The molecule has 1 heterocycles. The van der Waals surface area contributed by atoms with Crippen LogP contribution in [0, 0.1) is 11.3 Å². The van der Waals surface area contributed by atoms with Crippen molar-refractivity contribution in [2.45, 2.75) is 54.1 Å². The smallest absolute Gasteiger partial charge is 0.0948 e. The molecule has 0 fully saturated rings. The van der Waals surface area contributed by atoms with E-state index in [9.17, 15) is 0 Å². The summed E-state index contributed by atoms with van der Waals surface area (Å²) in [5, 5.41) is 3.43. The Hall–Kier alpha value is -0.830. The van der Waals surface area contributed by atoms with E-state index in [1.165, 1.54) is 12.1 Å². The molecule has 0 amide bonds. The van der Waals surface area contributed by atoms with Gasteiger partial charge in [-0.2, -0.15) is 0 Å². The highest BCUT2D eigenvalue weighted by Crippen LogP contribution is 2.28. The molecule has 1 aromatic heterocycles. The minimum Gasteiger partial charge on any atom is -0.333 e. The van der Waals surface area contributed by atoms with E-state index in [1.54, 1.807) is 0 Å². The van der Waals surface area contributed by atoms with Gasteiger partial charge in [-0.15, -0.1) is 0 Å². The van der Waals surface area contributed by atoms with Crippen LogP contribution in [0.3, 0.4) is 0 Å². The first-order valence-electron chi connectivity index (χ1n) is 6.67. The molecule has 3 nitrogen and oxygen atoms in total. The van der Waals surface area contributed by atoms with Crippen LogP contribution in [-0.4, -0.2) is 16.1 Å². The largest absolute Gasteiger partial charge is 0.333 e. The fourth-order valence-corrected chi connectivity index (χ4v) is 1.65. The maximum absolute atomic E-state index is 4.27. The molecule has 0 aliphatic rings. The van der Waals surface area contributed by atoms with Gasteiger partial charge in [0.2, 0.25) is 0 Å². The molecule has 0 aromatic carbocycles. The number of rotatable bonds is 7. The first-order chi connectivity index (χ1) is 7.97. The molecule has 0 aliphatic heterocycles. The first kappa shape index (κ1) is 14.2. The molecule has 0 radical (unpaired) electrons. The monoisotopic (exact) mass is 237 g/mol. The quantitative estimate of drug-likeness (QED) is 0.739. The molecule has 0 atom stereocenters. The van der Waals surface area contributed by atoms with Gasteiger partial charge in [0, 0.05) is 19.3 Å². The average molecular weight is 237 g/mol. The van der Waals surface area contributed by atoms with E-state index in [1.807, 2.05) is 12.5 Å². The summed E-state index contributed by atoms with van der Waals surface area (Å²) in [5.41, 5.74) is 1.59. The predicted octanol–water partition coefficient (Wildman–Crippen LogP) is 3.06. The lowest BCUT2D eigenvalue weighted by molar-refractivity contribution is 0.207. The Morgan fingerprint density at radius 2 is 2.12 bits per heavy atom. The fourth-order valence-electron chi connectivity index (χ4n) is 1.65. The van der Waals surface area contributed by atoms with Gasteiger partial charge in [0.15, 0.2) is 0 Å². The lowest BCUT2D eigenvalue weighted by Crippen LogP contribution is -2.27. The van der Waals surface area contributed by atoms with Crippen LogP contribution in [0.5, 0.6) is 0 Å². The van der Waals surface area contributed by atoms with Crippen molar-refractivity contribution in [3.8, 4) is 0 Å². The number of imidazole rings is 1. The van der Waals surface area contributed by atoms with Crippen LogP contribution < -0.4 is 5.32 Å². The fraction of sp³-hybridized carbons (Fsp3) is 0.786. The summed E-state index contributed by atoms with van der Waals surface area (Å²) in [6.45, 7) is 14.4. The molecule has 17 heavy (non-hydrogen) atoms. The Labute approximate surface area is 106 Å². The van der Waals surface area contributed by atoms with E-state index in [2.05, 4.69) is 49.5 Å². The number of hydrogen-bond acceptors (Lipinski definition) is 2. The highest BCUT2D eigenvalue weighted by molar-refractivity contribution is 4.99. The molecular formula is C14H27N3. The van der Waals surface area contributed by atoms with Crippen molar-refractivity contribution in [3.05, 3.63) is 18.2 Å². The normalized spacial score (nSPS) is 12.4. The third-order valence-corrected chi connectivity index (χ3v) is 3.67. The van der Waals surface area contributed by atoms with Gasteiger partial charge in [-0.1, -0.05) is 34.6 Å². The highest BCUT2D eigenvalue weighted by Gasteiger charge is 2.23. The lowest BCUT2D eigenvalue weighted by atomic mass is 9.81. The minimum absolute atomic E-state index is 0.306. The molecule has 98 valence electrons. The van der Waals surface area contributed by atoms with Gasteiger partial charge >= 0.3 is 0 Å². The summed E-state index contributed by atoms with van der Waals surface area (Å²) >= 11 is 0. The molecule has 0 unspecified atom stereocenters. The van der Waals surface area contributed by atoms with Crippen molar-refractivity contribution in [3.63, 3.8) is 0 Å². The van der Waals surface area contributed by atoms with Crippen molar-refractivity contribution < 1.29 is 0 Å². The summed E-state index contributed by atoms with van der Waals surface area (Å²) in [6, 6.07) is 0. The van der Waals surface area contributed by atoms with Crippen molar-refractivity contribution in [1.29, 1.82) is 0 Å². The Kier molecular flexibility index (Phi) is 5.19. The van der Waals surface area contributed by atoms with Gasteiger partial charge in [-0.25, -0.2) is 4.98 Å². The summed E-state index contributed by atoms with van der Waals surface area (Å²) in [4.78, 5) is 4.27. The molecule has 0 saturated carbocycles. The second-order valence-corrected chi connectivity index (χ2v) is 5.83. The molecule has 3 heteroatoms. The molecule has 0 bridgehead atoms. The van der Waals surface area contributed by atoms with Crippen LogP contribution in [0.25, 0.3) is 0 Å². The zero-order valence-corrected chi connectivity index (χ0v) is 12.0. The maximum atomic E-state index is 4.27. The van der Waals surface area contributed by atoms with Gasteiger partial charge in [0.25, 0.3) is 0 Å². The van der Waals surface area contributed by atoms with Crippen molar-refractivity contribution in [1.82, 2.24) is 14.9 Å². The number of aromatic nitrogens is 2. The summed E-state index contributed by atoms with van der Waals surface area (Å²) in [7, 11) is 0. The Morgan fingerprint density at radius 3 is 2.71 bits per heavy atom. The van der Waals surface area contributed by atoms with E-state index in [4.69, 9.17) is 0 Å². The maximum Gasteiger partial charge on any atom is 0.0948 e. The third-order valence-electron chi connectivity index (χ3n) is 3.67. The second-order valence-electron chi connectivity index (χ2n) is 5.83. The van der Waals surface area contributed by atoms with E-state index in [0.717, 1.165) is 19.6 Å².